The Labute approximate surface area is 94.9 Å². The molecule has 0 bridgehead atoms. The number of rotatable bonds is 3. The first-order valence-electron chi connectivity index (χ1n) is 5.71. The Balaban J connectivity index is 2.12. The second kappa shape index (κ2) is 5.21. The van der Waals surface area contributed by atoms with Crippen LogP contribution >= 0.6 is 0 Å². The van der Waals surface area contributed by atoms with Crippen molar-refractivity contribution in [1.29, 1.82) is 0 Å². The number of benzene rings is 1. The first-order valence-corrected chi connectivity index (χ1v) is 5.71. The topological polar surface area (TPSA) is 29.1 Å². The Hall–Kier alpha value is -1.22. The third-order valence-electron chi connectivity index (χ3n) is 3.11. The summed E-state index contributed by atoms with van der Waals surface area (Å²) in [5.41, 5.74) is 1.17. The molecule has 2 rings (SSSR count). The van der Waals surface area contributed by atoms with Crippen molar-refractivity contribution in [2.24, 2.45) is 5.92 Å². The predicted molar refractivity (Wildman–Crippen MR) is 61.3 cm³/mol. The molecule has 2 unspecified atom stereocenters. The molecule has 0 saturated carbocycles. The molecule has 1 N–H and O–H groups in total. The van der Waals surface area contributed by atoms with Crippen molar-refractivity contribution in [3.05, 3.63) is 35.4 Å². The van der Waals surface area contributed by atoms with E-state index in [0.29, 0.717) is 11.1 Å². The van der Waals surface area contributed by atoms with Crippen molar-refractivity contribution in [3.8, 4) is 0 Å². The molecule has 1 aromatic rings. The largest absolute Gasteiger partial charge is 0.316 e. The van der Waals surface area contributed by atoms with Gasteiger partial charge in [0.05, 0.1) is 0 Å². The van der Waals surface area contributed by atoms with E-state index in [1.165, 1.54) is 0 Å². The van der Waals surface area contributed by atoms with Gasteiger partial charge in [-0.2, -0.15) is 0 Å². The van der Waals surface area contributed by atoms with Gasteiger partial charge in [-0.15, -0.1) is 0 Å². The van der Waals surface area contributed by atoms with Gasteiger partial charge in [0.15, 0.2) is 0 Å². The highest BCUT2D eigenvalue weighted by Gasteiger charge is 2.24. The molecule has 1 aliphatic rings. The minimum Gasteiger partial charge on any atom is -0.316 e. The fourth-order valence-corrected chi connectivity index (χ4v) is 2.20. The smallest absolute Gasteiger partial charge is 0.150 e. The zero-order chi connectivity index (χ0) is 11.4. The molecule has 0 amide bonds. The number of carbonyl (C=O) groups is 1. The van der Waals surface area contributed by atoms with E-state index in [2.05, 4.69) is 5.32 Å². The van der Waals surface area contributed by atoms with Crippen LogP contribution in [0.5, 0.6) is 0 Å². The lowest BCUT2D eigenvalue weighted by molar-refractivity contribution is 0.112. The van der Waals surface area contributed by atoms with Crippen molar-refractivity contribution >= 4 is 6.29 Å². The fraction of sp³-hybridized carbons (Fsp3) is 0.462. The van der Waals surface area contributed by atoms with E-state index < -0.39 is 6.17 Å². The van der Waals surface area contributed by atoms with Crippen LogP contribution in [0.15, 0.2) is 24.3 Å². The van der Waals surface area contributed by atoms with Crippen LogP contribution in [0, 0.1) is 5.92 Å². The lowest BCUT2D eigenvalue weighted by atomic mass is 9.90. The van der Waals surface area contributed by atoms with E-state index >= 15 is 0 Å². The van der Waals surface area contributed by atoms with Gasteiger partial charge in [-0.05, 0) is 31.0 Å². The highest BCUT2D eigenvalue weighted by Crippen LogP contribution is 2.30. The normalized spacial score (nSPS) is 22.7. The van der Waals surface area contributed by atoms with E-state index in [1.807, 2.05) is 0 Å². The van der Waals surface area contributed by atoms with Gasteiger partial charge in [-0.1, -0.05) is 18.2 Å². The maximum atomic E-state index is 14.2. The van der Waals surface area contributed by atoms with Gasteiger partial charge in [0.2, 0.25) is 0 Å². The molecule has 0 spiro atoms. The zero-order valence-electron chi connectivity index (χ0n) is 9.16. The lowest BCUT2D eigenvalue weighted by Crippen LogP contribution is -2.32. The molecule has 2 atom stereocenters. The van der Waals surface area contributed by atoms with Gasteiger partial charge in [0.1, 0.15) is 12.5 Å². The number of hydrogen-bond acceptors (Lipinski definition) is 2. The summed E-state index contributed by atoms with van der Waals surface area (Å²) in [4.78, 5) is 10.6. The van der Waals surface area contributed by atoms with Crippen molar-refractivity contribution in [2.45, 2.75) is 19.0 Å². The SMILES string of the molecule is O=Cc1cccc(C(F)C2CCCNC2)c1. The zero-order valence-corrected chi connectivity index (χ0v) is 9.16. The minimum absolute atomic E-state index is 0.0376. The molecular weight excluding hydrogens is 205 g/mol. The number of piperidine rings is 1. The van der Waals surface area contributed by atoms with Gasteiger partial charge >= 0.3 is 0 Å². The molecule has 86 valence electrons. The first kappa shape index (κ1) is 11.3. The van der Waals surface area contributed by atoms with E-state index in [-0.39, 0.29) is 5.92 Å². The number of carbonyl (C=O) groups excluding carboxylic acids is 1. The molecule has 0 aliphatic carbocycles. The van der Waals surface area contributed by atoms with Crippen molar-refractivity contribution in [3.63, 3.8) is 0 Å². The summed E-state index contributed by atoms with van der Waals surface area (Å²) < 4.78 is 14.2. The van der Waals surface area contributed by atoms with Crippen LogP contribution in [-0.4, -0.2) is 19.4 Å². The van der Waals surface area contributed by atoms with Crippen molar-refractivity contribution < 1.29 is 9.18 Å². The van der Waals surface area contributed by atoms with E-state index in [1.54, 1.807) is 24.3 Å². The summed E-state index contributed by atoms with van der Waals surface area (Å²) in [7, 11) is 0. The fourth-order valence-electron chi connectivity index (χ4n) is 2.20. The van der Waals surface area contributed by atoms with Gasteiger partial charge in [0, 0.05) is 18.0 Å². The third kappa shape index (κ3) is 2.47. The van der Waals surface area contributed by atoms with Crippen LogP contribution in [-0.2, 0) is 0 Å². The molecule has 1 fully saturated rings. The number of nitrogens with one attached hydrogen (secondary N) is 1. The van der Waals surface area contributed by atoms with Gasteiger partial charge < -0.3 is 5.32 Å². The molecule has 1 saturated heterocycles. The monoisotopic (exact) mass is 221 g/mol. The standard InChI is InChI=1S/C13H16FNO/c14-13(12-5-2-6-15-8-12)11-4-1-3-10(7-11)9-16/h1,3-4,7,9,12-13,15H,2,5-6,8H2. The number of alkyl halides is 1. The van der Waals surface area contributed by atoms with Crippen LogP contribution in [0.4, 0.5) is 4.39 Å². The number of hydrogen-bond donors (Lipinski definition) is 1. The van der Waals surface area contributed by atoms with Gasteiger partial charge in [0.25, 0.3) is 0 Å². The summed E-state index contributed by atoms with van der Waals surface area (Å²) in [6.45, 7) is 1.71. The summed E-state index contributed by atoms with van der Waals surface area (Å²) in [6.07, 6.45) is 1.74. The van der Waals surface area contributed by atoms with E-state index in [4.69, 9.17) is 0 Å². The van der Waals surface area contributed by atoms with Crippen LogP contribution in [0.2, 0.25) is 0 Å². The first-order chi connectivity index (χ1) is 7.81. The van der Waals surface area contributed by atoms with Gasteiger partial charge in [-0.3, -0.25) is 4.79 Å². The highest BCUT2D eigenvalue weighted by molar-refractivity contribution is 5.74. The molecule has 2 nitrogen and oxygen atoms in total. The molecule has 3 heteroatoms. The molecule has 0 radical (unpaired) electrons. The number of halogens is 1. The van der Waals surface area contributed by atoms with Crippen molar-refractivity contribution in [2.75, 3.05) is 13.1 Å². The van der Waals surface area contributed by atoms with E-state index in [9.17, 15) is 9.18 Å². The van der Waals surface area contributed by atoms with Crippen LogP contribution < -0.4 is 5.32 Å². The Morgan fingerprint density at radius 2 is 2.38 bits per heavy atom. The third-order valence-corrected chi connectivity index (χ3v) is 3.11. The van der Waals surface area contributed by atoms with Crippen LogP contribution in [0.25, 0.3) is 0 Å². The summed E-state index contributed by atoms with van der Waals surface area (Å²) in [6, 6.07) is 6.84. The summed E-state index contributed by atoms with van der Waals surface area (Å²) >= 11 is 0. The quantitative estimate of drug-likeness (QED) is 0.794. The Bertz CT molecular complexity index is 361. The summed E-state index contributed by atoms with van der Waals surface area (Å²) in [5, 5.41) is 3.20. The lowest BCUT2D eigenvalue weighted by Gasteiger charge is -2.26. The predicted octanol–water partition coefficient (Wildman–Crippen LogP) is 2.51. The van der Waals surface area contributed by atoms with Gasteiger partial charge in [-0.25, -0.2) is 4.39 Å². The highest BCUT2D eigenvalue weighted by atomic mass is 19.1. The average Bonchev–Trinajstić information content (AvgIpc) is 2.39. The Kier molecular flexibility index (Phi) is 3.67. The minimum atomic E-state index is -0.965. The maximum Gasteiger partial charge on any atom is 0.150 e. The second-order valence-corrected chi connectivity index (χ2v) is 4.30. The molecule has 16 heavy (non-hydrogen) atoms. The van der Waals surface area contributed by atoms with Crippen LogP contribution in [0.3, 0.4) is 0 Å². The molecule has 1 aliphatic heterocycles. The molecule has 1 aromatic carbocycles. The Morgan fingerprint density at radius 1 is 1.50 bits per heavy atom. The summed E-state index contributed by atoms with van der Waals surface area (Å²) in [5.74, 6) is 0.0376. The molecule has 1 heterocycles. The Morgan fingerprint density at radius 3 is 3.06 bits per heavy atom. The molecule has 0 aromatic heterocycles. The molecular formula is C13H16FNO. The van der Waals surface area contributed by atoms with Crippen LogP contribution in [0.1, 0.15) is 34.9 Å². The number of aldehydes is 1. The maximum absolute atomic E-state index is 14.2. The second-order valence-electron chi connectivity index (χ2n) is 4.30. The van der Waals surface area contributed by atoms with Crippen molar-refractivity contribution in [1.82, 2.24) is 5.32 Å². The average molecular weight is 221 g/mol. The van der Waals surface area contributed by atoms with E-state index in [0.717, 1.165) is 32.2 Å².